The third-order valence-corrected chi connectivity index (χ3v) is 2.65. The number of aryl methyl sites for hydroxylation is 2. The maximum atomic E-state index is 13.2. The molecule has 100 valence electrons. The van der Waals surface area contributed by atoms with Crippen LogP contribution in [-0.4, -0.2) is 14.7 Å². The van der Waals surface area contributed by atoms with Crippen molar-refractivity contribution in [2.45, 2.75) is 13.5 Å². The van der Waals surface area contributed by atoms with Crippen LogP contribution in [0.1, 0.15) is 11.3 Å². The number of nitro benzene ring substituents is 1. The van der Waals surface area contributed by atoms with E-state index in [9.17, 15) is 14.5 Å². The number of hydrogen-bond donors (Lipinski definition) is 1. The van der Waals surface area contributed by atoms with E-state index in [0.29, 0.717) is 12.1 Å². The Labute approximate surface area is 109 Å². The minimum atomic E-state index is -0.617. The fraction of sp³-hybridized carbons (Fsp3) is 0.250. The highest BCUT2D eigenvalue weighted by atomic mass is 19.1. The minimum absolute atomic E-state index is 0.250. The molecular formula is C12H13FN4O2. The summed E-state index contributed by atoms with van der Waals surface area (Å²) >= 11 is 0. The minimum Gasteiger partial charge on any atom is -0.378 e. The van der Waals surface area contributed by atoms with Crippen LogP contribution < -0.4 is 5.32 Å². The van der Waals surface area contributed by atoms with Crippen LogP contribution in [-0.2, 0) is 13.6 Å². The molecule has 0 aliphatic carbocycles. The summed E-state index contributed by atoms with van der Waals surface area (Å²) in [6.45, 7) is 2.14. The molecule has 7 heteroatoms. The summed E-state index contributed by atoms with van der Waals surface area (Å²) in [5, 5.41) is 17.9. The van der Waals surface area contributed by atoms with Gasteiger partial charge in [-0.2, -0.15) is 5.10 Å². The van der Waals surface area contributed by atoms with Gasteiger partial charge < -0.3 is 5.32 Å². The highest BCUT2D eigenvalue weighted by Gasteiger charge is 2.10. The largest absolute Gasteiger partial charge is 0.378 e. The zero-order valence-electron chi connectivity index (χ0n) is 10.6. The Morgan fingerprint density at radius 2 is 2.21 bits per heavy atom. The molecule has 0 amide bonds. The Morgan fingerprint density at radius 1 is 1.47 bits per heavy atom. The average Bonchev–Trinajstić information content (AvgIpc) is 2.64. The molecule has 0 saturated heterocycles. The predicted molar refractivity (Wildman–Crippen MR) is 68.3 cm³/mol. The monoisotopic (exact) mass is 264 g/mol. The number of hydrogen-bond acceptors (Lipinski definition) is 4. The third-order valence-electron chi connectivity index (χ3n) is 2.65. The fourth-order valence-electron chi connectivity index (χ4n) is 1.81. The number of non-ortho nitro benzene ring substituents is 1. The number of nitrogens with one attached hydrogen (secondary N) is 1. The van der Waals surface area contributed by atoms with Gasteiger partial charge in [-0.1, -0.05) is 0 Å². The van der Waals surface area contributed by atoms with Gasteiger partial charge in [-0.15, -0.1) is 0 Å². The summed E-state index contributed by atoms with van der Waals surface area (Å²) in [6.07, 6.45) is 1.79. The highest BCUT2D eigenvalue weighted by Crippen LogP contribution is 2.18. The first-order chi connectivity index (χ1) is 8.95. The molecule has 1 aromatic heterocycles. The third kappa shape index (κ3) is 3.06. The lowest BCUT2D eigenvalue weighted by Gasteiger charge is -2.05. The fourth-order valence-corrected chi connectivity index (χ4v) is 1.81. The summed E-state index contributed by atoms with van der Waals surface area (Å²) in [5.74, 6) is -0.617. The van der Waals surface area contributed by atoms with Crippen molar-refractivity contribution in [1.29, 1.82) is 0 Å². The van der Waals surface area contributed by atoms with E-state index in [-0.39, 0.29) is 5.69 Å². The van der Waals surface area contributed by atoms with Crippen LogP contribution >= 0.6 is 0 Å². The zero-order chi connectivity index (χ0) is 14.0. The van der Waals surface area contributed by atoms with Crippen molar-refractivity contribution in [2.24, 2.45) is 7.05 Å². The summed E-state index contributed by atoms with van der Waals surface area (Å²) in [4.78, 5) is 10.0. The van der Waals surface area contributed by atoms with Gasteiger partial charge in [0, 0.05) is 25.9 Å². The van der Waals surface area contributed by atoms with E-state index < -0.39 is 10.7 Å². The molecule has 1 N–H and O–H groups in total. The Bertz CT molecular complexity index is 624. The van der Waals surface area contributed by atoms with Crippen LogP contribution in [0.3, 0.4) is 0 Å². The molecule has 19 heavy (non-hydrogen) atoms. The van der Waals surface area contributed by atoms with E-state index in [0.717, 1.165) is 17.4 Å². The summed E-state index contributed by atoms with van der Waals surface area (Å²) in [5.41, 5.74) is 1.89. The summed E-state index contributed by atoms with van der Waals surface area (Å²) in [6, 6.07) is 3.52. The van der Waals surface area contributed by atoms with Gasteiger partial charge in [0.25, 0.3) is 5.69 Å². The van der Waals surface area contributed by atoms with Gasteiger partial charge in [0.2, 0.25) is 0 Å². The van der Waals surface area contributed by atoms with Gasteiger partial charge in [-0.3, -0.25) is 14.8 Å². The molecule has 0 radical (unpaired) electrons. The topological polar surface area (TPSA) is 73.0 Å². The van der Waals surface area contributed by atoms with E-state index in [1.165, 1.54) is 12.1 Å². The molecule has 0 aliphatic heterocycles. The molecule has 1 heterocycles. The number of rotatable bonds is 4. The van der Waals surface area contributed by atoms with E-state index in [4.69, 9.17) is 0 Å². The normalized spacial score (nSPS) is 10.5. The number of nitro groups is 1. The SMILES string of the molecule is Cc1nn(C)cc1NCc1cc(F)cc([N+](=O)[O-])c1. The van der Waals surface area contributed by atoms with Crippen molar-refractivity contribution in [2.75, 3.05) is 5.32 Å². The average molecular weight is 264 g/mol. The Morgan fingerprint density at radius 3 is 2.79 bits per heavy atom. The van der Waals surface area contributed by atoms with Gasteiger partial charge in [0.15, 0.2) is 0 Å². The van der Waals surface area contributed by atoms with Crippen molar-refractivity contribution in [3.05, 3.63) is 51.6 Å². The number of anilines is 1. The van der Waals surface area contributed by atoms with Crippen LogP contribution in [0.5, 0.6) is 0 Å². The first kappa shape index (κ1) is 13.0. The smallest absolute Gasteiger partial charge is 0.272 e. The van der Waals surface area contributed by atoms with E-state index >= 15 is 0 Å². The van der Waals surface area contributed by atoms with Gasteiger partial charge in [0.1, 0.15) is 5.82 Å². The lowest BCUT2D eigenvalue weighted by molar-refractivity contribution is -0.385. The Hall–Kier alpha value is -2.44. The molecular weight excluding hydrogens is 251 g/mol. The van der Waals surface area contributed by atoms with Crippen LogP contribution in [0.4, 0.5) is 15.8 Å². The standard InChI is InChI=1S/C12H13FN4O2/c1-8-12(7-16(2)15-8)14-6-9-3-10(13)5-11(4-9)17(18)19/h3-5,7,14H,6H2,1-2H3. The molecule has 0 atom stereocenters. The lowest BCUT2D eigenvalue weighted by atomic mass is 10.2. The number of benzene rings is 1. The Kier molecular flexibility index (Phi) is 3.46. The second-order valence-electron chi connectivity index (χ2n) is 4.23. The highest BCUT2D eigenvalue weighted by molar-refractivity contribution is 5.46. The first-order valence-corrected chi connectivity index (χ1v) is 5.63. The van der Waals surface area contributed by atoms with Crippen molar-refractivity contribution < 1.29 is 9.31 Å². The molecule has 2 rings (SSSR count). The molecule has 0 unspecified atom stereocenters. The maximum absolute atomic E-state index is 13.2. The van der Waals surface area contributed by atoms with Crippen LogP contribution in [0.15, 0.2) is 24.4 Å². The lowest BCUT2D eigenvalue weighted by Crippen LogP contribution is -2.01. The predicted octanol–water partition coefficient (Wildman–Crippen LogP) is 2.39. The van der Waals surface area contributed by atoms with Gasteiger partial charge in [0.05, 0.1) is 22.4 Å². The van der Waals surface area contributed by atoms with Crippen molar-refractivity contribution in [3.8, 4) is 0 Å². The molecule has 6 nitrogen and oxygen atoms in total. The molecule has 2 aromatic rings. The zero-order valence-corrected chi connectivity index (χ0v) is 10.6. The van der Waals surface area contributed by atoms with Crippen LogP contribution in [0.2, 0.25) is 0 Å². The molecule has 1 aromatic carbocycles. The Balaban J connectivity index is 2.15. The molecule has 0 spiro atoms. The van der Waals surface area contributed by atoms with Crippen LogP contribution in [0, 0.1) is 22.9 Å². The van der Waals surface area contributed by atoms with Gasteiger partial charge in [-0.05, 0) is 18.6 Å². The maximum Gasteiger partial charge on any atom is 0.272 e. The van der Waals surface area contributed by atoms with E-state index in [2.05, 4.69) is 10.4 Å². The van der Waals surface area contributed by atoms with E-state index in [1.807, 2.05) is 6.92 Å². The second kappa shape index (κ2) is 5.05. The first-order valence-electron chi connectivity index (χ1n) is 5.63. The quantitative estimate of drug-likeness (QED) is 0.679. The van der Waals surface area contributed by atoms with Crippen molar-refractivity contribution >= 4 is 11.4 Å². The summed E-state index contributed by atoms with van der Waals surface area (Å²) in [7, 11) is 1.80. The number of aromatic nitrogens is 2. The molecule has 0 bridgehead atoms. The number of nitrogens with zero attached hydrogens (tertiary/aromatic N) is 3. The number of halogens is 1. The molecule has 0 aliphatic rings. The van der Waals surface area contributed by atoms with Crippen LogP contribution in [0.25, 0.3) is 0 Å². The summed E-state index contributed by atoms with van der Waals surface area (Å²) < 4.78 is 14.9. The van der Waals surface area contributed by atoms with Gasteiger partial charge >= 0.3 is 0 Å². The second-order valence-corrected chi connectivity index (χ2v) is 4.23. The van der Waals surface area contributed by atoms with Gasteiger partial charge in [-0.25, -0.2) is 4.39 Å². The molecule has 0 saturated carbocycles. The van der Waals surface area contributed by atoms with E-state index in [1.54, 1.807) is 17.9 Å². The molecule has 0 fully saturated rings. The van der Waals surface area contributed by atoms with Crippen molar-refractivity contribution in [3.63, 3.8) is 0 Å². The van der Waals surface area contributed by atoms with Crippen molar-refractivity contribution in [1.82, 2.24) is 9.78 Å².